The second kappa shape index (κ2) is 4.04. The van der Waals surface area contributed by atoms with E-state index in [1.54, 1.807) is 12.3 Å². The summed E-state index contributed by atoms with van der Waals surface area (Å²) in [5.74, 6) is 2.67. The number of aromatic nitrogens is 1. The zero-order chi connectivity index (χ0) is 9.84. The first kappa shape index (κ1) is 9.73. The van der Waals surface area contributed by atoms with E-state index in [1.165, 1.54) is 0 Å². The summed E-state index contributed by atoms with van der Waals surface area (Å²) in [6.07, 6.45) is 6.79. The predicted molar refractivity (Wildman–Crippen MR) is 51.1 cm³/mol. The maximum absolute atomic E-state index is 12.6. The molecule has 0 aliphatic carbocycles. The number of pyridine rings is 1. The molecule has 0 atom stereocenters. The zero-order valence-corrected chi connectivity index (χ0v) is 7.84. The van der Waals surface area contributed by atoms with Gasteiger partial charge in [0, 0.05) is 23.0 Å². The van der Waals surface area contributed by atoms with Gasteiger partial charge in [0.15, 0.2) is 0 Å². The maximum atomic E-state index is 12.6. The Hall–Kier alpha value is -1.36. The van der Waals surface area contributed by atoms with E-state index in [1.807, 2.05) is 13.8 Å². The third kappa shape index (κ3) is 2.06. The molecule has 0 spiro atoms. The van der Waals surface area contributed by atoms with Crippen molar-refractivity contribution in [2.75, 3.05) is 0 Å². The Kier molecular flexibility index (Phi) is 3.02. The summed E-state index contributed by atoms with van der Waals surface area (Å²) < 4.78 is 12.6. The van der Waals surface area contributed by atoms with Crippen LogP contribution < -0.4 is 0 Å². The van der Waals surface area contributed by atoms with Gasteiger partial charge in [0.05, 0.1) is 0 Å². The van der Waals surface area contributed by atoms with E-state index >= 15 is 0 Å². The lowest BCUT2D eigenvalue weighted by Crippen LogP contribution is -1.99. The summed E-state index contributed by atoms with van der Waals surface area (Å²) >= 11 is 0. The molecule has 1 nitrogen and oxygen atoms in total. The maximum Gasteiger partial charge on any atom is 0.116 e. The minimum Gasteiger partial charge on any atom is -0.259 e. The summed E-state index contributed by atoms with van der Waals surface area (Å²) in [6.45, 7) is 3.46. The van der Waals surface area contributed by atoms with Crippen molar-refractivity contribution in [2.24, 2.45) is 0 Å². The number of hydrogen-bond acceptors (Lipinski definition) is 1. The molecule has 1 aromatic heterocycles. The molecule has 0 amide bonds. The highest BCUT2D eigenvalue weighted by Crippen LogP contribution is 2.18. The van der Waals surface area contributed by atoms with Crippen LogP contribution in [0.1, 0.15) is 36.6 Å². The molecule has 68 valence electrons. The smallest absolute Gasteiger partial charge is 0.116 e. The minimum absolute atomic E-state index is 0.234. The van der Waals surface area contributed by atoms with Gasteiger partial charge in [-0.2, -0.15) is 0 Å². The summed E-state index contributed by atoms with van der Waals surface area (Å²) in [7, 11) is 0. The van der Waals surface area contributed by atoms with Crippen LogP contribution in [0.2, 0.25) is 0 Å². The van der Waals surface area contributed by atoms with Gasteiger partial charge >= 0.3 is 0 Å². The first-order valence-electron chi connectivity index (χ1n) is 4.20. The van der Waals surface area contributed by atoms with E-state index < -0.39 is 6.67 Å². The fourth-order valence-electron chi connectivity index (χ4n) is 1.23. The van der Waals surface area contributed by atoms with Crippen molar-refractivity contribution in [3.8, 4) is 12.3 Å². The van der Waals surface area contributed by atoms with Crippen molar-refractivity contribution in [1.82, 2.24) is 4.98 Å². The third-order valence-corrected chi connectivity index (χ3v) is 1.86. The molecule has 2 heteroatoms. The molecule has 0 aromatic carbocycles. The van der Waals surface area contributed by atoms with Crippen LogP contribution in [-0.4, -0.2) is 4.98 Å². The molecular formula is C11H12FN. The third-order valence-electron chi connectivity index (χ3n) is 1.86. The van der Waals surface area contributed by atoms with Gasteiger partial charge in [-0.3, -0.25) is 4.98 Å². The Morgan fingerprint density at radius 1 is 1.62 bits per heavy atom. The van der Waals surface area contributed by atoms with Gasteiger partial charge in [-0.05, 0) is 12.0 Å². The molecule has 0 aliphatic rings. The van der Waals surface area contributed by atoms with Gasteiger partial charge in [0.2, 0.25) is 0 Å². The first-order valence-corrected chi connectivity index (χ1v) is 4.20. The van der Waals surface area contributed by atoms with E-state index in [2.05, 4.69) is 10.9 Å². The molecular weight excluding hydrogens is 165 g/mol. The molecule has 0 fully saturated rings. The Morgan fingerprint density at radius 3 is 2.77 bits per heavy atom. The monoisotopic (exact) mass is 177 g/mol. The highest BCUT2D eigenvalue weighted by atomic mass is 19.1. The second-order valence-corrected chi connectivity index (χ2v) is 3.20. The van der Waals surface area contributed by atoms with Crippen LogP contribution in [0.25, 0.3) is 0 Å². The van der Waals surface area contributed by atoms with E-state index in [0.717, 1.165) is 5.69 Å². The van der Waals surface area contributed by atoms with Crippen molar-refractivity contribution >= 4 is 0 Å². The van der Waals surface area contributed by atoms with Crippen molar-refractivity contribution in [2.45, 2.75) is 26.4 Å². The number of alkyl halides is 1. The molecule has 13 heavy (non-hydrogen) atoms. The molecule has 1 heterocycles. The molecule has 1 aromatic rings. The Balaban J connectivity index is 3.17. The number of hydrogen-bond donors (Lipinski definition) is 0. The van der Waals surface area contributed by atoms with Crippen molar-refractivity contribution in [1.29, 1.82) is 0 Å². The first-order chi connectivity index (χ1) is 6.19. The van der Waals surface area contributed by atoms with E-state index in [0.29, 0.717) is 11.1 Å². The van der Waals surface area contributed by atoms with Crippen molar-refractivity contribution in [3.05, 3.63) is 29.1 Å². The van der Waals surface area contributed by atoms with E-state index in [-0.39, 0.29) is 5.92 Å². The fraction of sp³-hybridized carbons (Fsp3) is 0.364. The highest BCUT2D eigenvalue weighted by molar-refractivity contribution is 5.35. The molecule has 0 N–H and O–H groups in total. The molecule has 0 unspecified atom stereocenters. The lowest BCUT2D eigenvalue weighted by molar-refractivity contribution is 0.478. The summed E-state index contributed by atoms with van der Waals surface area (Å²) in [5, 5.41) is 0. The molecule has 0 saturated heterocycles. The number of nitrogens with zero attached hydrogens (tertiary/aromatic N) is 1. The Morgan fingerprint density at radius 2 is 2.31 bits per heavy atom. The molecule has 0 saturated carbocycles. The van der Waals surface area contributed by atoms with Gasteiger partial charge in [-0.25, -0.2) is 4.39 Å². The van der Waals surface area contributed by atoms with Crippen LogP contribution in [0.3, 0.4) is 0 Å². The van der Waals surface area contributed by atoms with Gasteiger partial charge in [-0.1, -0.05) is 19.8 Å². The Labute approximate surface area is 78.0 Å². The van der Waals surface area contributed by atoms with Crippen LogP contribution in [0.4, 0.5) is 4.39 Å². The molecule has 0 radical (unpaired) electrons. The quantitative estimate of drug-likeness (QED) is 0.633. The predicted octanol–water partition coefficient (Wildman–Crippen LogP) is 2.66. The molecule has 0 bridgehead atoms. The highest BCUT2D eigenvalue weighted by Gasteiger charge is 2.08. The van der Waals surface area contributed by atoms with Crippen LogP contribution in [0, 0.1) is 12.3 Å². The van der Waals surface area contributed by atoms with E-state index in [4.69, 9.17) is 6.42 Å². The lowest BCUT2D eigenvalue weighted by Gasteiger charge is -2.08. The van der Waals surface area contributed by atoms with Gasteiger partial charge in [0.25, 0.3) is 0 Å². The van der Waals surface area contributed by atoms with Crippen LogP contribution in [0.15, 0.2) is 12.3 Å². The van der Waals surface area contributed by atoms with Gasteiger partial charge < -0.3 is 0 Å². The number of terminal acetylenes is 1. The average molecular weight is 177 g/mol. The summed E-state index contributed by atoms with van der Waals surface area (Å²) in [4.78, 5) is 4.14. The van der Waals surface area contributed by atoms with Crippen LogP contribution in [-0.2, 0) is 6.67 Å². The largest absolute Gasteiger partial charge is 0.259 e. The standard InChI is InChI=1S/C11H12FN/c1-4-9-5-10(6-12)11(8(2)3)13-7-9/h1,5,7-8H,6H2,2-3H3. The minimum atomic E-state index is -0.504. The van der Waals surface area contributed by atoms with Gasteiger partial charge in [0.1, 0.15) is 6.67 Å². The van der Waals surface area contributed by atoms with Crippen LogP contribution >= 0.6 is 0 Å². The normalized spacial score (nSPS) is 10.1. The SMILES string of the molecule is C#Cc1cnc(C(C)C)c(CF)c1. The average Bonchev–Trinajstić information content (AvgIpc) is 2.16. The second-order valence-electron chi connectivity index (χ2n) is 3.20. The Bertz CT molecular complexity index is 336. The van der Waals surface area contributed by atoms with Crippen molar-refractivity contribution < 1.29 is 4.39 Å². The summed E-state index contributed by atoms with van der Waals surface area (Å²) in [5.41, 5.74) is 2.03. The van der Waals surface area contributed by atoms with E-state index in [9.17, 15) is 4.39 Å². The number of rotatable bonds is 2. The zero-order valence-electron chi connectivity index (χ0n) is 7.84. The van der Waals surface area contributed by atoms with Gasteiger partial charge in [-0.15, -0.1) is 6.42 Å². The number of halogens is 1. The van der Waals surface area contributed by atoms with Crippen LogP contribution in [0.5, 0.6) is 0 Å². The molecule has 1 rings (SSSR count). The molecule has 0 aliphatic heterocycles. The topological polar surface area (TPSA) is 12.9 Å². The fourth-order valence-corrected chi connectivity index (χ4v) is 1.23. The van der Waals surface area contributed by atoms with Crippen molar-refractivity contribution in [3.63, 3.8) is 0 Å². The lowest BCUT2D eigenvalue weighted by atomic mass is 10.0. The summed E-state index contributed by atoms with van der Waals surface area (Å²) in [6, 6.07) is 1.68.